The molecule has 0 bridgehead atoms. The Balaban J connectivity index is 1.51. The number of hydrogen-bond donors (Lipinski definition) is 2. The molecule has 4 rings (SSSR count). The quantitative estimate of drug-likeness (QED) is 0.456. The highest BCUT2D eigenvalue weighted by Gasteiger charge is 2.25. The largest absolute Gasteiger partial charge is 0.383 e. The van der Waals surface area contributed by atoms with Crippen LogP contribution in [0.3, 0.4) is 0 Å². The van der Waals surface area contributed by atoms with Crippen LogP contribution in [-0.4, -0.2) is 74.6 Å². The Bertz CT molecular complexity index is 926. The predicted molar refractivity (Wildman–Crippen MR) is 144 cm³/mol. The molecule has 2 aromatic rings. The second-order valence-corrected chi connectivity index (χ2v) is 9.85. The highest BCUT2D eigenvalue weighted by molar-refractivity contribution is 7.80. The second kappa shape index (κ2) is 11.7. The number of piperazine rings is 1. The minimum atomic E-state index is 0.509. The zero-order valence-electron chi connectivity index (χ0n) is 20.5. The molecule has 0 unspecified atom stereocenters. The summed E-state index contributed by atoms with van der Waals surface area (Å²) in [5.41, 5.74) is 1.27. The SMILES string of the molecule is COCCNC(=S)Nc1nc(N2CCN(c3ccccc3)CC2)cc(N2C[C@H](C)C[C@H](C)C2)n1. The molecule has 2 fully saturated rings. The van der Waals surface area contributed by atoms with Crippen LogP contribution in [0.4, 0.5) is 23.3 Å². The van der Waals surface area contributed by atoms with E-state index in [-0.39, 0.29) is 0 Å². The molecule has 1 aromatic heterocycles. The molecule has 1 aromatic carbocycles. The molecule has 0 spiro atoms. The number of hydrogen-bond acceptors (Lipinski definition) is 7. The Morgan fingerprint density at radius 1 is 0.971 bits per heavy atom. The molecule has 0 radical (unpaired) electrons. The molecule has 2 atom stereocenters. The van der Waals surface area contributed by atoms with Crippen LogP contribution in [0, 0.1) is 11.8 Å². The van der Waals surface area contributed by atoms with Gasteiger partial charge in [-0.1, -0.05) is 32.0 Å². The first kappa shape index (κ1) is 24.5. The average molecular weight is 484 g/mol. The van der Waals surface area contributed by atoms with Gasteiger partial charge in [0.1, 0.15) is 11.6 Å². The van der Waals surface area contributed by atoms with Gasteiger partial charge in [0.25, 0.3) is 0 Å². The maximum atomic E-state index is 5.46. The number of nitrogens with zero attached hydrogens (tertiary/aromatic N) is 5. The molecule has 0 saturated carbocycles. The van der Waals surface area contributed by atoms with Gasteiger partial charge in [-0.25, -0.2) is 0 Å². The number of methoxy groups -OCH3 is 1. The average Bonchev–Trinajstić information content (AvgIpc) is 2.84. The summed E-state index contributed by atoms with van der Waals surface area (Å²) in [5.74, 6) is 3.75. The molecule has 2 aliphatic rings. The van der Waals surface area contributed by atoms with Crippen LogP contribution >= 0.6 is 12.2 Å². The van der Waals surface area contributed by atoms with E-state index in [2.05, 4.69) is 75.6 Å². The van der Waals surface area contributed by atoms with Crippen LogP contribution in [0.1, 0.15) is 20.3 Å². The predicted octanol–water partition coefficient (Wildman–Crippen LogP) is 3.22. The highest BCUT2D eigenvalue weighted by atomic mass is 32.1. The minimum Gasteiger partial charge on any atom is -0.383 e. The fourth-order valence-electron chi connectivity index (χ4n) is 4.90. The number of benzene rings is 1. The lowest BCUT2D eigenvalue weighted by molar-refractivity contribution is 0.204. The van der Waals surface area contributed by atoms with Gasteiger partial charge in [0.2, 0.25) is 5.95 Å². The summed E-state index contributed by atoms with van der Waals surface area (Å²) in [7, 11) is 1.68. The molecule has 0 aliphatic carbocycles. The maximum Gasteiger partial charge on any atom is 0.232 e. The van der Waals surface area contributed by atoms with Crippen molar-refractivity contribution in [3.05, 3.63) is 36.4 Å². The van der Waals surface area contributed by atoms with E-state index in [4.69, 9.17) is 26.9 Å². The first-order chi connectivity index (χ1) is 16.5. The van der Waals surface area contributed by atoms with Gasteiger partial charge in [-0.15, -0.1) is 0 Å². The molecule has 2 N–H and O–H groups in total. The fourth-order valence-corrected chi connectivity index (χ4v) is 5.09. The van der Waals surface area contributed by atoms with Gasteiger partial charge in [-0.2, -0.15) is 9.97 Å². The Morgan fingerprint density at radius 3 is 2.24 bits per heavy atom. The lowest BCUT2D eigenvalue weighted by Crippen LogP contribution is -2.47. The number of rotatable bonds is 7. The fraction of sp³-hybridized carbons (Fsp3) is 0.560. The molecule has 3 heterocycles. The van der Waals surface area contributed by atoms with Crippen molar-refractivity contribution < 1.29 is 4.74 Å². The molecule has 8 nitrogen and oxygen atoms in total. The van der Waals surface area contributed by atoms with Gasteiger partial charge in [0.15, 0.2) is 5.11 Å². The van der Waals surface area contributed by atoms with Crippen molar-refractivity contribution >= 4 is 40.6 Å². The summed E-state index contributed by atoms with van der Waals surface area (Å²) in [6, 6.07) is 12.8. The lowest BCUT2D eigenvalue weighted by Gasteiger charge is -2.38. The highest BCUT2D eigenvalue weighted by Crippen LogP contribution is 2.29. The van der Waals surface area contributed by atoms with Crippen LogP contribution in [0.25, 0.3) is 0 Å². The van der Waals surface area contributed by atoms with Crippen molar-refractivity contribution in [2.45, 2.75) is 20.3 Å². The van der Waals surface area contributed by atoms with E-state index in [9.17, 15) is 0 Å². The van der Waals surface area contributed by atoms with Crippen molar-refractivity contribution in [3.63, 3.8) is 0 Å². The van der Waals surface area contributed by atoms with E-state index in [0.29, 0.717) is 36.0 Å². The van der Waals surface area contributed by atoms with Gasteiger partial charge in [-0.3, -0.25) is 0 Å². The van der Waals surface area contributed by atoms with E-state index in [1.54, 1.807) is 7.11 Å². The first-order valence-electron chi connectivity index (χ1n) is 12.2. The zero-order valence-corrected chi connectivity index (χ0v) is 21.4. The van der Waals surface area contributed by atoms with Crippen LogP contribution in [0.2, 0.25) is 0 Å². The third-order valence-electron chi connectivity index (χ3n) is 6.43. The van der Waals surface area contributed by atoms with Crippen LogP contribution in [0.5, 0.6) is 0 Å². The molecular formula is C25H37N7OS. The summed E-state index contributed by atoms with van der Waals surface area (Å²) in [5, 5.41) is 6.85. The number of thiocarbonyl (C=S) groups is 1. The van der Waals surface area contributed by atoms with E-state index < -0.39 is 0 Å². The smallest absolute Gasteiger partial charge is 0.232 e. The third-order valence-corrected chi connectivity index (χ3v) is 6.68. The van der Waals surface area contributed by atoms with E-state index in [0.717, 1.165) is 50.9 Å². The van der Waals surface area contributed by atoms with Crippen molar-refractivity contribution in [1.29, 1.82) is 0 Å². The maximum absolute atomic E-state index is 5.46. The summed E-state index contributed by atoms with van der Waals surface area (Å²) in [6.07, 6.45) is 1.26. The molecule has 34 heavy (non-hydrogen) atoms. The zero-order chi connectivity index (χ0) is 23.9. The van der Waals surface area contributed by atoms with Crippen molar-refractivity contribution in [2.75, 3.05) is 79.5 Å². The summed E-state index contributed by atoms with van der Waals surface area (Å²) >= 11 is 5.46. The minimum absolute atomic E-state index is 0.509. The van der Waals surface area contributed by atoms with Gasteiger partial charge in [0, 0.05) is 64.7 Å². The normalized spacial score (nSPS) is 20.9. The Hall–Kier alpha value is -2.65. The van der Waals surface area contributed by atoms with Crippen LogP contribution < -0.4 is 25.3 Å². The van der Waals surface area contributed by atoms with E-state index >= 15 is 0 Å². The first-order valence-corrected chi connectivity index (χ1v) is 12.7. The van der Waals surface area contributed by atoms with Gasteiger partial charge >= 0.3 is 0 Å². The summed E-state index contributed by atoms with van der Waals surface area (Å²) in [4.78, 5) is 16.9. The van der Waals surface area contributed by atoms with Crippen LogP contribution in [0.15, 0.2) is 36.4 Å². The van der Waals surface area contributed by atoms with Crippen molar-refractivity contribution in [1.82, 2.24) is 15.3 Å². The number of anilines is 4. The second-order valence-electron chi connectivity index (χ2n) is 9.44. The number of piperidine rings is 1. The molecule has 9 heteroatoms. The van der Waals surface area contributed by atoms with E-state index in [1.165, 1.54) is 12.1 Å². The van der Waals surface area contributed by atoms with Crippen LogP contribution in [-0.2, 0) is 4.74 Å². The molecule has 2 aliphatic heterocycles. The van der Waals surface area contributed by atoms with Crippen molar-refractivity contribution in [3.8, 4) is 0 Å². The standard InChI is InChI=1S/C25H37N7OS/c1-19-15-20(2)18-32(17-19)23-16-22(27-24(28-23)29-25(34)26-9-14-33-3)31-12-10-30(11-13-31)21-7-5-4-6-8-21/h4-8,16,19-20H,9-15,17-18H2,1-3H3,(H2,26,27,28,29,34)/t19-,20+. The summed E-state index contributed by atoms with van der Waals surface area (Å²) in [6.45, 7) is 11.6. The number of aromatic nitrogens is 2. The molecule has 0 amide bonds. The lowest BCUT2D eigenvalue weighted by atomic mass is 9.92. The van der Waals surface area contributed by atoms with Gasteiger partial charge in [-0.05, 0) is 42.6 Å². The Morgan fingerprint density at radius 2 is 1.59 bits per heavy atom. The van der Waals surface area contributed by atoms with Crippen molar-refractivity contribution in [2.24, 2.45) is 11.8 Å². The van der Waals surface area contributed by atoms with Gasteiger partial charge in [0.05, 0.1) is 6.61 Å². The molecule has 184 valence electrons. The Labute approximate surface area is 208 Å². The number of para-hydroxylation sites is 1. The van der Waals surface area contributed by atoms with Gasteiger partial charge < -0.3 is 30.1 Å². The molecular weight excluding hydrogens is 446 g/mol. The van der Waals surface area contributed by atoms with E-state index in [1.807, 2.05) is 0 Å². The monoisotopic (exact) mass is 483 g/mol. The number of nitrogens with one attached hydrogen (secondary N) is 2. The summed E-state index contributed by atoms with van der Waals surface area (Å²) < 4.78 is 5.10. The Kier molecular flexibility index (Phi) is 8.39. The molecule has 2 saturated heterocycles. The topological polar surface area (TPSA) is 68.8 Å². The number of ether oxygens (including phenoxy) is 1. The third kappa shape index (κ3) is 6.48.